The number of rotatable bonds is 7. The lowest BCUT2D eigenvalue weighted by Gasteiger charge is -2.30. The van der Waals surface area contributed by atoms with Crippen molar-refractivity contribution in [2.45, 2.75) is 39.2 Å². The number of ether oxygens (including phenoxy) is 1. The molecule has 1 aromatic heterocycles. The molecule has 1 unspecified atom stereocenters. The number of hydrogen-bond acceptors (Lipinski definition) is 5. The molecule has 5 nitrogen and oxygen atoms in total. The number of aryl methyl sites for hydroxylation is 1. The zero-order valence-electron chi connectivity index (χ0n) is 15.5. The van der Waals surface area contributed by atoms with E-state index in [2.05, 4.69) is 27.5 Å². The molecule has 1 saturated heterocycles. The van der Waals surface area contributed by atoms with Crippen molar-refractivity contribution >= 4 is 22.4 Å². The minimum absolute atomic E-state index is 0.00770. The molecule has 1 N–H and O–H groups in total. The lowest BCUT2D eigenvalue weighted by atomic mass is 10.0. The first-order chi connectivity index (χ1) is 12.6. The monoisotopic (exact) mass is 373 g/mol. The molecule has 3 rings (SSSR count). The number of likely N-dealkylation sites (tertiary alicyclic amines) is 1. The van der Waals surface area contributed by atoms with Gasteiger partial charge in [0.1, 0.15) is 5.75 Å². The number of nitrogens with one attached hydrogen (secondary N) is 1. The Morgan fingerprint density at radius 2 is 2.19 bits per heavy atom. The standard InChI is InChI=1S/C20H27N3O2S/c1-15-4-3-11-23(12-15)13-17-14-26-20(21-17)22-19(24)10-7-16-5-8-18(25-2)9-6-16/h5-6,8-9,14-15H,3-4,7,10-13H2,1-2H3,(H,21,22,24). The molecule has 1 aromatic carbocycles. The molecule has 0 aliphatic carbocycles. The van der Waals surface area contributed by atoms with Gasteiger partial charge in [0.25, 0.3) is 0 Å². The van der Waals surface area contributed by atoms with Gasteiger partial charge < -0.3 is 10.1 Å². The highest BCUT2D eigenvalue weighted by Crippen LogP contribution is 2.21. The maximum absolute atomic E-state index is 12.2. The van der Waals surface area contributed by atoms with Gasteiger partial charge in [-0.05, 0) is 49.4 Å². The van der Waals surface area contributed by atoms with Crippen molar-refractivity contribution in [3.63, 3.8) is 0 Å². The maximum Gasteiger partial charge on any atom is 0.226 e. The molecule has 1 fully saturated rings. The minimum atomic E-state index is 0.00770. The molecule has 26 heavy (non-hydrogen) atoms. The zero-order valence-corrected chi connectivity index (χ0v) is 16.3. The Balaban J connectivity index is 1.44. The first-order valence-electron chi connectivity index (χ1n) is 9.22. The van der Waals surface area contributed by atoms with E-state index in [1.165, 1.54) is 24.2 Å². The Labute approximate surface area is 159 Å². The fourth-order valence-electron chi connectivity index (χ4n) is 3.33. The van der Waals surface area contributed by atoms with E-state index in [1.54, 1.807) is 7.11 Å². The number of anilines is 1. The third kappa shape index (κ3) is 5.54. The van der Waals surface area contributed by atoms with E-state index < -0.39 is 0 Å². The fourth-order valence-corrected chi connectivity index (χ4v) is 4.05. The Morgan fingerprint density at radius 1 is 1.38 bits per heavy atom. The van der Waals surface area contributed by atoms with Crippen LogP contribution in [0, 0.1) is 5.92 Å². The molecular formula is C20H27N3O2S. The quantitative estimate of drug-likeness (QED) is 0.798. The summed E-state index contributed by atoms with van der Waals surface area (Å²) < 4.78 is 5.15. The van der Waals surface area contributed by atoms with Crippen molar-refractivity contribution < 1.29 is 9.53 Å². The van der Waals surface area contributed by atoms with Crippen LogP contribution in [0.3, 0.4) is 0 Å². The lowest BCUT2D eigenvalue weighted by Crippen LogP contribution is -2.33. The predicted molar refractivity (Wildman–Crippen MR) is 106 cm³/mol. The largest absolute Gasteiger partial charge is 0.497 e. The van der Waals surface area contributed by atoms with E-state index in [-0.39, 0.29) is 5.91 Å². The molecule has 2 heterocycles. The van der Waals surface area contributed by atoms with Crippen molar-refractivity contribution in [1.29, 1.82) is 0 Å². The van der Waals surface area contributed by atoms with Crippen molar-refractivity contribution in [2.75, 3.05) is 25.5 Å². The first kappa shape index (κ1) is 18.9. The van der Waals surface area contributed by atoms with E-state index in [9.17, 15) is 4.79 Å². The van der Waals surface area contributed by atoms with Gasteiger partial charge in [0.2, 0.25) is 5.91 Å². The molecule has 2 aromatic rings. The van der Waals surface area contributed by atoms with Gasteiger partial charge in [0, 0.05) is 24.9 Å². The predicted octanol–water partition coefficient (Wildman–Crippen LogP) is 3.95. The number of nitrogens with zero attached hydrogens (tertiary/aromatic N) is 2. The van der Waals surface area contributed by atoms with E-state index in [4.69, 9.17) is 4.74 Å². The van der Waals surface area contributed by atoms with Crippen LogP contribution in [0.5, 0.6) is 5.75 Å². The number of piperidine rings is 1. The van der Waals surface area contributed by atoms with Gasteiger partial charge in [-0.15, -0.1) is 11.3 Å². The average Bonchev–Trinajstić information content (AvgIpc) is 3.07. The van der Waals surface area contributed by atoms with Crippen LogP contribution in [-0.4, -0.2) is 36.0 Å². The average molecular weight is 374 g/mol. The molecule has 0 bridgehead atoms. The molecule has 1 atom stereocenters. The Morgan fingerprint density at radius 3 is 2.92 bits per heavy atom. The summed E-state index contributed by atoms with van der Waals surface area (Å²) in [7, 11) is 1.65. The Hall–Kier alpha value is -1.92. The van der Waals surface area contributed by atoms with Gasteiger partial charge in [-0.25, -0.2) is 4.98 Å². The fraction of sp³-hybridized carbons (Fsp3) is 0.500. The van der Waals surface area contributed by atoms with Crippen LogP contribution >= 0.6 is 11.3 Å². The summed E-state index contributed by atoms with van der Waals surface area (Å²) in [5.74, 6) is 1.60. The van der Waals surface area contributed by atoms with Gasteiger partial charge in [0.15, 0.2) is 5.13 Å². The Kier molecular flexibility index (Phi) is 6.63. The van der Waals surface area contributed by atoms with Gasteiger partial charge in [-0.1, -0.05) is 19.1 Å². The topological polar surface area (TPSA) is 54.5 Å². The molecule has 1 aliphatic rings. The molecular weight excluding hydrogens is 346 g/mol. The summed E-state index contributed by atoms with van der Waals surface area (Å²) in [4.78, 5) is 19.2. The number of carbonyl (C=O) groups is 1. The van der Waals surface area contributed by atoms with Gasteiger partial charge in [-0.3, -0.25) is 9.69 Å². The molecule has 0 spiro atoms. The molecule has 0 saturated carbocycles. The molecule has 6 heteroatoms. The number of methoxy groups -OCH3 is 1. The summed E-state index contributed by atoms with van der Waals surface area (Å²) in [6.07, 6.45) is 3.74. The van der Waals surface area contributed by atoms with Crippen LogP contribution < -0.4 is 10.1 Å². The van der Waals surface area contributed by atoms with Gasteiger partial charge in [0.05, 0.1) is 12.8 Å². The number of amides is 1. The van der Waals surface area contributed by atoms with Crippen molar-refractivity contribution in [2.24, 2.45) is 5.92 Å². The second-order valence-corrected chi connectivity index (χ2v) is 7.88. The number of thiazole rings is 1. The van der Waals surface area contributed by atoms with Gasteiger partial charge in [-0.2, -0.15) is 0 Å². The second-order valence-electron chi connectivity index (χ2n) is 7.02. The normalized spacial score (nSPS) is 17.8. The van der Waals surface area contributed by atoms with Crippen molar-refractivity contribution in [1.82, 2.24) is 9.88 Å². The first-order valence-corrected chi connectivity index (χ1v) is 10.1. The third-order valence-corrected chi connectivity index (χ3v) is 5.53. The summed E-state index contributed by atoms with van der Waals surface area (Å²) in [6, 6.07) is 7.82. The Bertz CT molecular complexity index is 714. The van der Waals surface area contributed by atoms with Crippen molar-refractivity contribution in [3.8, 4) is 5.75 Å². The maximum atomic E-state index is 12.2. The van der Waals surface area contributed by atoms with Crippen LogP contribution in [0.1, 0.15) is 37.4 Å². The highest BCUT2D eigenvalue weighted by Gasteiger charge is 2.17. The summed E-state index contributed by atoms with van der Waals surface area (Å²) in [6.45, 7) is 5.47. The molecule has 140 valence electrons. The smallest absolute Gasteiger partial charge is 0.226 e. The summed E-state index contributed by atoms with van der Waals surface area (Å²) in [5, 5.41) is 5.68. The highest BCUT2D eigenvalue weighted by molar-refractivity contribution is 7.13. The van der Waals surface area contributed by atoms with E-state index in [0.717, 1.165) is 42.6 Å². The minimum Gasteiger partial charge on any atom is -0.497 e. The van der Waals surface area contributed by atoms with Crippen molar-refractivity contribution in [3.05, 3.63) is 40.9 Å². The molecule has 1 aliphatic heterocycles. The SMILES string of the molecule is COc1ccc(CCC(=O)Nc2nc(CN3CCCC(C)C3)cs2)cc1. The lowest BCUT2D eigenvalue weighted by molar-refractivity contribution is -0.116. The summed E-state index contributed by atoms with van der Waals surface area (Å²) in [5.41, 5.74) is 2.18. The zero-order chi connectivity index (χ0) is 18.4. The molecule has 1 amide bonds. The molecule has 0 radical (unpaired) electrons. The van der Waals surface area contributed by atoms with E-state index >= 15 is 0 Å². The van der Waals surface area contributed by atoms with Gasteiger partial charge >= 0.3 is 0 Å². The third-order valence-electron chi connectivity index (χ3n) is 4.72. The highest BCUT2D eigenvalue weighted by atomic mass is 32.1. The second kappa shape index (κ2) is 9.14. The van der Waals surface area contributed by atoms with Crippen LogP contribution in [0.15, 0.2) is 29.6 Å². The van der Waals surface area contributed by atoms with Crippen LogP contribution in [0.25, 0.3) is 0 Å². The number of benzene rings is 1. The van der Waals surface area contributed by atoms with E-state index in [0.29, 0.717) is 18.0 Å². The summed E-state index contributed by atoms with van der Waals surface area (Å²) >= 11 is 1.51. The van der Waals surface area contributed by atoms with Crippen LogP contribution in [-0.2, 0) is 17.8 Å². The van der Waals surface area contributed by atoms with E-state index in [1.807, 2.05) is 24.3 Å². The number of hydrogen-bond donors (Lipinski definition) is 1. The number of aromatic nitrogens is 1. The van der Waals surface area contributed by atoms with Crippen LogP contribution in [0.2, 0.25) is 0 Å². The number of carbonyl (C=O) groups excluding carboxylic acids is 1. The van der Waals surface area contributed by atoms with Crippen LogP contribution in [0.4, 0.5) is 5.13 Å².